The fraction of sp³-hybridized carbons (Fsp3) is 0.700. The number of hydrogen-bond donors (Lipinski definition) is 1. The SMILES string of the molecule is CC(CN)c1coc(CCN(C)C)n1. The molecule has 1 rings (SSSR count). The first kappa shape index (κ1) is 11.2. The standard InChI is InChI=1S/C10H19N3O/c1-8(6-11)9-7-14-10(12-9)4-5-13(2)3/h7-8H,4-6,11H2,1-3H3. The molecule has 4 nitrogen and oxygen atoms in total. The third-order valence-electron chi connectivity index (χ3n) is 2.20. The first-order valence-corrected chi connectivity index (χ1v) is 4.92. The van der Waals surface area contributed by atoms with Crippen molar-refractivity contribution < 1.29 is 4.42 Å². The molecule has 0 aliphatic carbocycles. The molecule has 4 heteroatoms. The summed E-state index contributed by atoms with van der Waals surface area (Å²) >= 11 is 0. The van der Waals surface area contributed by atoms with Crippen LogP contribution in [0.1, 0.15) is 24.4 Å². The van der Waals surface area contributed by atoms with Gasteiger partial charge in [-0.15, -0.1) is 0 Å². The topological polar surface area (TPSA) is 55.3 Å². The smallest absolute Gasteiger partial charge is 0.195 e. The highest BCUT2D eigenvalue weighted by atomic mass is 16.3. The van der Waals surface area contributed by atoms with Gasteiger partial charge in [0.25, 0.3) is 0 Å². The zero-order valence-corrected chi connectivity index (χ0v) is 9.16. The number of oxazole rings is 1. The van der Waals surface area contributed by atoms with Crippen LogP contribution in [0.2, 0.25) is 0 Å². The lowest BCUT2D eigenvalue weighted by Crippen LogP contribution is -2.15. The number of rotatable bonds is 5. The summed E-state index contributed by atoms with van der Waals surface area (Å²) in [5.41, 5.74) is 6.51. The minimum absolute atomic E-state index is 0.284. The van der Waals surface area contributed by atoms with Crippen molar-refractivity contribution in [3.05, 3.63) is 17.8 Å². The first-order valence-electron chi connectivity index (χ1n) is 4.92. The minimum atomic E-state index is 0.284. The second kappa shape index (κ2) is 5.12. The predicted molar refractivity (Wildman–Crippen MR) is 56.2 cm³/mol. The molecule has 0 saturated carbocycles. The zero-order valence-electron chi connectivity index (χ0n) is 9.16. The maximum Gasteiger partial charge on any atom is 0.195 e. The monoisotopic (exact) mass is 197 g/mol. The van der Waals surface area contributed by atoms with E-state index in [-0.39, 0.29) is 5.92 Å². The maximum atomic E-state index is 5.55. The van der Waals surface area contributed by atoms with E-state index in [4.69, 9.17) is 10.2 Å². The van der Waals surface area contributed by atoms with Gasteiger partial charge in [-0.1, -0.05) is 6.92 Å². The molecule has 1 aromatic heterocycles. The van der Waals surface area contributed by atoms with Gasteiger partial charge in [0.15, 0.2) is 5.89 Å². The Morgan fingerprint density at radius 3 is 2.86 bits per heavy atom. The molecule has 80 valence electrons. The average Bonchev–Trinajstić information content (AvgIpc) is 2.62. The van der Waals surface area contributed by atoms with E-state index in [1.807, 2.05) is 21.0 Å². The quantitative estimate of drug-likeness (QED) is 0.760. The Morgan fingerprint density at radius 2 is 2.29 bits per heavy atom. The summed E-state index contributed by atoms with van der Waals surface area (Å²) in [6.07, 6.45) is 2.56. The average molecular weight is 197 g/mol. The lowest BCUT2D eigenvalue weighted by molar-refractivity contribution is 0.384. The van der Waals surface area contributed by atoms with Crippen LogP contribution in [-0.2, 0) is 6.42 Å². The maximum absolute atomic E-state index is 5.55. The Morgan fingerprint density at radius 1 is 1.57 bits per heavy atom. The predicted octanol–water partition coefficient (Wildman–Crippen LogP) is 0.841. The van der Waals surface area contributed by atoms with Crippen LogP contribution in [-0.4, -0.2) is 37.1 Å². The highest BCUT2D eigenvalue weighted by Gasteiger charge is 2.09. The minimum Gasteiger partial charge on any atom is -0.449 e. The first-order chi connectivity index (χ1) is 6.63. The molecule has 0 aliphatic heterocycles. The van der Waals surface area contributed by atoms with Crippen LogP contribution in [0.3, 0.4) is 0 Å². The fourth-order valence-electron chi connectivity index (χ4n) is 1.11. The van der Waals surface area contributed by atoms with E-state index in [0.29, 0.717) is 6.54 Å². The van der Waals surface area contributed by atoms with Gasteiger partial charge >= 0.3 is 0 Å². The number of likely N-dealkylation sites (N-methyl/N-ethyl adjacent to an activating group) is 1. The molecule has 1 atom stereocenters. The Kier molecular flexibility index (Phi) is 4.10. The molecule has 14 heavy (non-hydrogen) atoms. The van der Waals surface area contributed by atoms with Gasteiger partial charge < -0.3 is 15.1 Å². The summed E-state index contributed by atoms with van der Waals surface area (Å²) < 4.78 is 5.34. The van der Waals surface area contributed by atoms with Crippen LogP contribution in [0.25, 0.3) is 0 Å². The molecule has 1 heterocycles. The van der Waals surface area contributed by atoms with Crippen LogP contribution in [0, 0.1) is 0 Å². The van der Waals surface area contributed by atoms with E-state index in [9.17, 15) is 0 Å². The van der Waals surface area contributed by atoms with Crippen molar-refractivity contribution in [1.29, 1.82) is 0 Å². The molecule has 0 aromatic carbocycles. The van der Waals surface area contributed by atoms with Crippen LogP contribution in [0.15, 0.2) is 10.7 Å². The van der Waals surface area contributed by atoms with Crippen molar-refractivity contribution in [3.8, 4) is 0 Å². The number of nitrogens with zero attached hydrogens (tertiary/aromatic N) is 2. The van der Waals surface area contributed by atoms with Crippen molar-refractivity contribution in [2.75, 3.05) is 27.2 Å². The molecular weight excluding hydrogens is 178 g/mol. The van der Waals surface area contributed by atoms with E-state index in [1.165, 1.54) is 0 Å². The van der Waals surface area contributed by atoms with Crippen molar-refractivity contribution >= 4 is 0 Å². The molecular formula is C10H19N3O. The molecule has 0 aliphatic rings. The van der Waals surface area contributed by atoms with Crippen LogP contribution in [0.4, 0.5) is 0 Å². The Hall–Kier alpha value is -0.870. The van der Waals surface area contributed by atoms with Gasteiger partial charge in [-0.05, 0) is 14.1 Å². The third kappa shape index (κ3) is 3.12. The van der Waals surface area contributed by atoms with Crippen molar-refractivity contribution in [3.63, 3.8) is 0 Å². The molecule has 0 radical (unpaired) electrons. The second-order valence-corrected chi connectivity index (χ2v) is 3.86. The van der Waals surface area contributed by atoms with Crippen molar-refractivity contribution in [1.82, 2.24) is 9.88 Å². The normalized spacial score (nSPS) is 13.5. The summed E-state index contributed by atoms with van der Waals surface area (Å²) in [5.74, 6) is 1.08. The van der Waals surface area contributed by atoms with E-state index in [2.05, 4.69) is 9.88 Å². The number of hydrogen-bond acceptors (Lipinski definition) is 4. The van der Waals surface area contributed by atoms with Crippen LogP contribution >= 0.6 is 0 Å². The molecule has 1 aromatic rings. The Balaban J connectivity index is 2.50. The van der Waals surface area contributed by atoms with Gasteiger partial charge in [0.05, 0.1) is 5.69 Å². The summed E-state index contributed by atoms with van der Waals surface area (Å²) in [6.45, 7) is 3.62. The van der Waals surface area contributed by atoms with E-state index in [0.717, 1.165) is 24.6 Å². The summed E-state index contributed by atoms with van der Waals surface area (Å²) in [6, 6.07) is 0. The van der Waals surface area contributed by atoms with Crippen molar-refractivity contribution in [2.45, 2.75) is 19.3 Å². The van der Waals surface area contributed by atoms with Gasteiger partial charge in [0.2, 0.25) is 0 Å². The lowest BCUT2D eigenvalue weighted by atomic mass is 10.1. The summed E-state index contributed by atoms with van der Waals surface area (Å²) in [7, 11) is 4.07. The van der Waals surface area contributed by atoms with Gasteiger partial charge in [-0.3, -0.25) is 0 Å². The van der Waals surface area contributed by atoms with Gasteiger partial charge in [0.1, 0.15) is 6.26 Å². The Labute approximate surface area is 85.1 Å². The van der Waals surface area contributed by atoms with Gasteiger partial charge in [0, 0.05) is 25.4 Å². The second-order valence-electron chi connectivity index (χ2n) is 3.86. The fourth-order valence-corrected chi connectivity index (χ4v) is 1.11. The highest BCUT2D eigenvalue weighted by Crippen LogP contribution is 2.13. The lowest BCUT2D eigenvalue weighted by Gasteiger charge is -2.06. The zero-order chi connectivity index (χ0) is 10.6. The molecule has 0 amide bonds. The van der Waals surface area contributed by atoms with Crippen LogP contribution < -0.4 is 5.73 Å². The van der Waals surface area contributed by atoms with Gasteiger partial charge in [-0.25, -0.2) is 4.98 Å². The molecule has 0 spiro atoms. The molecule has 0 fully saturated rings. The molecule has 0 bridgehead atoms. The third-order valence-corrected chi connectivity index (χ3v) is 2.20. The van der Waals surface area contributed by atoms with Gasteiger partial charge in [-0.2, -0.15) is 0 Å². The molecule has 0 saturated heterocycles. The van der Waals surface area contributed by atoms with Crippen molar-refractivity contribution in [2.24, 2.45) is 5.73 Å². The summed E-state index contributed by atoms with van der Waals surface area (Å²) in [4.78, 5) is 6.49. The van der Waals surface area contributed by atoms with E-state index >= 15 is 0 Å². The van der Waals surface area contributed by atoms with Crippen LogP contribution in [0.5, 0.6) is 0 Å². The largest absolute Gasteiger partial charge is 0.449 e. The molecule has 2 N–H and O–H groups in total. The Bertz CT molecular complexity index is 270. The van der Waals surface area contributed by atoms with E-state index < -0.39 is 0 Å². The van der Waals surface area contributed by atoms with E-state index in [1.54, 1.807) is 6.26 Å². The number of aromatic nitrogens is 1. The summed E-state index contributed by atoms with van der Waals surface area (Å²) in [5, 5.41) is 0. The highest BCUT2D eigenvalue weighted by molar-refractivity contribution is 5.03. The number of nitrogens with two attached hydrogens (primary N) is 1. The molecule has 1 unspecified atom stereocenters.